The quantitative estimate of drug-likeness (QED) is 0.514. The summed E-state index contributed by atoms with van der Waals surface area (Å²) >= 11 is 0. The number of hydrogen-bond acceptors (Lipinski definition) is 4. The minimum absolute atomic E-state index is 0.0648. The first-order chi connectivity index (χ1) is 8.82. The number of ether oxygens (including phenoxy) is 1. The summed E-state index contributed by atoms with van der Waals surface area (Å²) in [5, 5.41) is 13.9. The summed E-state index contributed by atoms with van der Waals surface area (Å²) in [7, 11) is 3.91. The van der Waals surface area contributed by atoms with Crippen molar-refractivity contribution in [2.24, 2.45) is 5.92 Å². The number of rotatable bonds is 9. The minimum atomic E-state index is -1.02. The summed E-state index contributed by atoms with van der Waals surface area (Å²) in [6, 6.07) is -0.200. The standard InChI is InChI=1S/C12H25N3O4/c1-9(2)10(7-15(3)4)14-12(18)13-5-6-19-8-11(16)17/h9-10H,5-8H2,1-4H3,(H,16,17)(H2,13,14,18). The molecule has 0 bridgehead atoms. The van der Waals surface area contributed by atoms with Gasteiger partial charge in [-0.3, -0.25) is 0 Å². The fraction of sp³-hybridized carbons (Fsp3) is 0.833. The van der Waals surface area contributed by atoms with E-state index >= 15 is 0 Å². The molecule has 0 aliphatic carbocycles. The molecule has 0 heterocycles. The molecule has 0 aromatic rings. The molecule has 112 valence electrons. The van der Waals surface area contributed by atoms with Crippen LogP contribution in [0.5, 0.6) is 0 Å². The zero-order valence-corrected chi connectivity index (χ0v) is 12.1. The Bertz CT molecular complexity index is 282. The maximum atomic E-state index is 11.6. The Balaban J connectivity index is 3.84. The monoisotopic (exact) mass is 275 g/mol. The maximum Gasteiger partial charge on any atom is 0.329 e. The van der Waals surface area contributed by atoms with Gasteiger partial charge < -0.3 is 25.4 Å². The molecule has 0 aliphatic rings. The molecular formula is C12H25N3O4. The van der Waals surface area contributed by atoms with Crippen molar-refractivity contribution < 1.29 is 19.4 Å². The van der Waals surface area contributed by atoms with Gasteiger partial charge in [-0.25, -0.2) is 9.59 Å². The normalized spacial score (nSPS) is 12.5. The summed E-state index contributed by atoms with van der Waals surface area (Å²) in [4.78, 5) is 23.8. The van der Waals surface area contributed by atoms with Gasteiger partial charge in [0.25, 0.3) is 0 Å². The molecular weight excluding hydrogens is 250 g/mol. The highest BCUT2D eigenvalue weighted by molar-refractivity contribution is 5.74. The van der Waals surface area contributed by atoms with Gasteiger partial charge in [0.2, 0.25) is 0 Å². The van der Waals surface area contributed by atoms with Gasteiger partial charge in [0, 0.05) is 19.1 Å². The number of aliphatic carboxylic acids is 1. The highest BCUT2D eigenvalue weighted by Crippen LogP contribution is 2.02. The van der Waals surface area contributed by atoms with E-state index in [0.717, 1.165) is 6.54 Å². The molecule has 1 atom stereocenters. The Morgan fingerprint density at radius 3 is 2.42 bits per heavy atom. The Kier molecular flexibility index (Phi) is 8.90. The largest absolute Gasteiger partial charge is 0.480 e. The first kappa shape index (κ1) is 17.7. The molecule has 0 aliphatic heterocycles. The van der Waals surface area contributed by atoms with Crippen LogP contribution in [-0.4, -0.2) is 68.4 Å². The van der Waals surface area contributed by atoms with Crippen molar-refractivity contribution >= 4 is 12.0 Å². The molecule has 0 aromatic carbocycles. The van der Waals surface area contributed by atoms with Gasteiger partial charge in [-0.05, 0) is 20.0 Å². The van der Waals surface area contributed by atoms with E-state index < -0.39 is 5.97 Å². The van der Waals surface area contributed by atoms with Crippen LogP contribution in [0.25, 0.3) is 0 Å². The zero-order valence-electron chi connectivity index (χ0n) is 12.1. The van der Waals surface area contributed by atoms with Crippen LogP contribution in [0.2, 0.25) is 0 Å². The lowest BCUT2D eigenvalue weighted by Gasteiger charge is -2.25. The number of nitrogens with zero attached hydrogens (tertiary/aromatic N) is 1. The SMILES string of the molecule is CC(C)C(CN(C)C)NC(=O)NCCOCC(=O)O. The number of amides is 2. The van der Waals surface area contributed by atoms with Crippen LogP contribution in [0.1, 0.15) is 13.8 Å². The average Bonchev–Trinajstić information content (AvgIpc) is 2.26. The molecule has 2 amide bonds. The van der Waals surface area contributed by atoms with Crippen LogP contribution in [0, 0.1) is 5.92 Å². The topological polar surface area (TPSA) is 90.9 Å². The van der Waals surface area contributed by atoms with Crippen LogP contribution >= 0.6 is 0 Å². The van der Waals surface area contributed by atoms with Gasteiger partial charge in [-0.15, -0.1) is 0 Å². The zero-order chi connectivity index (χ0) is 14.8. The summed E-state index contributed by atoms with van der Waals surface area (Å²) in [5.41, 5.74) is 0. The van der Waals surface area contributed by atoms with E-state index in [1.54, 1.807) is 0 Å². The minimum Gasteiger partial charge on any atom is -0.480 e. The second kappa shape index (κ2) is 9.57. The predicted molar refractivity (Wildman–Crippen MR) is 72.2 cm³/mol. The summed E-state index contributed by atoms with van der Waals surface area (Å²) < 4.78 is 4.81. The molecule has 0 rings (SSSR count). The Morgan fingerprint density at radius 1 is 1.32 bits per heavy atom. The van der Waals surface area contributed by atoms with Gasteiger partial charge in [0.05, 0.1) is 6.61 Å². The lowest BCUT2D eigenvalue weighted by atomic mass is 10.0. The highest BCUT2D eigenvalue weighted by Gasteiger charge is 2.16. The second-order valence-electron chi connectivity index (χ2n) is 4.96. The van der Waals surface area contributed by atoms with Crippen LogP contribution in [-0.2, 0) is 9.53 Å². The van der Waals surface area contributed by atoms with Crippen molar-refractivity contribution in [3.8, 4) is 0 Å². The van der Waals surface area contributed by atoms with Crippen molar-refractivity contribution in [1.82, 2.24) is 15.5 Å². The number of carboxylic acid groups (broad SMARTS) is 1. The van der Waals surface area contributed by atoms with E-state index in [1.807, 2.05) is 32.8 Å². The molecule has 0 saturated heterocycles. The molecule has 1 unspecified atom stereocenters. The van der Waals surface area contributed by atoms with Gasteiger partial charge in [-0.1, -0.05) is 13.8 Å². The number of carbonyl (C=O) groups is 2. The first-order valence-corrected chi connectivity index (χ1v) is 6.31. The number of hydrogen-bond donors (Lipinski definition) is 3. The van der Waals surface area contributed by atoms with E-state index in [2.05, 4.69) is 10.6 Å². The summed E-state index contributed by atoms with van der Waals surface area (Å²) in [6.07, 6.45) is 0. The number of nitrogens with one attached hydrogen (secondary N) is 2. The molecule has 19 heavy (non-hydrogen) atoms. The van der Waals surface area contributed by atoms with Crippen molar-refractivity contribution in [2.75, 3.05) is 40.4 Å². The maximum absolute atomic E-state index is 11.6. The van der Waals surface area contributed by atoms with E-state index in [9.17, 15) is 9.59 Å². The van der Waals surface area contributed by atoms with Gasteiger partial charge >= 0.3 is 12.0 Å². The van der Waals surface area contributed by atoms with E-state index in [1.165, 1.54) is 0 Å². The number of carbonyl (C=O) groups excluding carboxylic acids is 1. The third kappa shape index (κ3) is 10.3. The fourth-order valence-corrected chi connectivity index (χ4v) is 1.43. The third-order valence-electron chi connectivity index (χ3n) is 2.44. The molecule has 0 saturated carbocycles. The predicted octanol–water partition coefficient (Wildman–Crippen LogP) is -0.0270. The molecule has 7 heteroatoms. The smallest absolute Gasteiger partial charge is 0.329 e. The van der Waals surface area contributed by atoms with Crippen molar-refractivity contribution in [3.05, 3.63) is 0 Å². The highest BCUT2D eigenvalue weighted by atomic mass is 16.5. The van der Waals surface area contributed by atoms with Gasteiger partial charge in [-0.2, -0.15) is 0 Å². The third-order valence-corrected chi connectivity index (χ3v) is 2.44. The van der Waals surface area contributed by atoms with Crippen molar-refractivity contribution in [2.45, 2.75) is 19.9 Å². The van der Waals surface area contributed by atoms with E-state index in [-0.39, 0.29) is 31.8 Å². The van der Waals surface area contributed by atoms with Crippen LogP contribution in [0.15, 0.2) is 0 Å². The average molecular weight is 275 g/mol. The Morgan fingerprint density at radius 2 is 1.95 bits per heavy atom. The summed E-state index contributed by atoms with van der Waals surface area (Å²) in [5.74, 6) is -0.688. The van der Waals surface area contributed by atoms with Gasteiger partial charge in [0.15, 0.2) is 0 Å². The molecule has 0 aromatic heterocycles. The molecule has 3 N–H and O–H groups in total. The van der Waals surface area contributed by atoms with Crippen LogP contribution in [0.4, 0.5) is 4.79 Å². The van der Waals surface area contributed by atoms with Gasteiger partial charge in [0.1, 0.15) is 6.61 Å². The van der Waals surface area contributed by atoms with Crippen LogP contribution in [0.3, 0.4) is 0 Å². The lowest BCUT2D eigenvalue weighted by Crippen LogP contribution is -2.49. The molecule has 0 radical (unpaired) electrons. The Hall–Kier alpha value is -1.34. The van der Waals surface area contributed by atoms with E-state index in [4.69, 9.17) is 9.84 Å². The first-order valence-electron chi connectivity index (χ1n) is 6.31. The number of urea groups is 1. The number of likely N-dealkylation sites (N-methyl/N-ethyl adjacent to an activating group) is 1. The van der Waals surface area contributed by atoms with Crippen molar-refractivity contribution in [1.29, 1.82) is 0 Å². The Labute approximate surface area is 114 Å². The second-order valence-corrected chi connectivity index (χ2v) is 4.96. The van der Waals surface area contributed by atoms with E-state index in [0.29, 0.717) is 5.92 Å². The molecule has 0 fully saturated rings. The summed E-state index contributed by atoms with van der Waals surface area (Å²) in [6.45, 7) is 4.97. The van der Waals surface area contributed by atoms with Crippen LogP contribution < -0.4 is 10.6 Å². The molecule has 0 spiro atoms. The number of carboxylic acids is 1. The molecule has 7 nitrogen and oxygen atoms in total. The lowest BCUT2D eigenvalue weighted by molar-refractivity contribution is -0.142. The fourth-order valence-electron chi connectivity index (χ4n) is 1.43. The van der Waals surface area contributed by atoms with Crippen molar-refractivity contribution in [3.63, 3.8) is 0 Å².